The Morgan fingerprint density at radius 3 is 3.08 bits per heavy atom. The van der Waals surface area contributed by atoms with Gasteiger partial charge in [0, 0.05) is 6.61 Å². The van der Waals surface area contributed by atoms with Crippen LogP contribution in [0.3, 0.4) is 0 Å². The molecule has 0 fully saturated rings. The van der Waals surface area contributed by atoms with E-state index in [2.05, 4.69) is 9.97 Å². The van der Waals surface area contributed by atoms with Crippen LogP contribution in [0.15, 0.2) is 6.20 Å². The second-order valence-corrected chi connectivity index (χ2v) is 2.42. The molecule has 1 aromatic heterocycles. The maximum Gasteiger partial charge on any atom is 0.340 e. The van der Waals surface area contributed by atoms with E-state index in [1.807, 2.05) is 6.92 Å². The van der Waals surface area contributed by atoms with Crippen molar-refractivity contribution in [2.45, 2.75) is 13.3 Å². The Labute approximate surface area is 75.1 Å². The normalized spacial score (nSPS) is 10.2. The highest BCUT2D eigenvalue weighted by molar-refractivity contribution is 5.15. The smallest absolute Gasteiger partial charge is 0.340 e. The number of ether oxygens (including phenoxy) is 1. The number of H-pyrrole nitrogens is 1. The lowest BCUT2D eigenvalue weighted by molar-refractivity contribution is -0.389. The molecule has 0 spiro atoms. The van der Waals surface area contributed by atoms with Gasteiger partial charge in [-0.05, 0) is 11.8 Å². The molecule has 72 valence electrons. The summed E-state index contributed by atoms with van der Waals surface area (Å²) in [6.07, 6.45) is 1.78. The lowest BCUT2D eigenvalue weighted by Gasteiger charge is -1.94. The van der Waals surface area contributed by atoms with Crippen LogP contribution in [0.4, 0.5) is 5.82 Å². The van der Waals surface area contributed by atoms with Gasteiger partial charge in [-0.1, -0.05) is 0 Å². The third-order valence-corrected chi connectivity index (χ3v) is 1.50. The summed E-state index contributed by atoms with van der Waals surface area (Å²) >= 11 is 0. The van der Waals surface area contributed by atoms with Crippen molar-refractivity contribution in [3.63, 3.8) is 0 Å². The average Bonchev–Trinajstić information content (AvgIpc) is 2.53. The maximum absolute atomic E-state index is 10.2. The first-order valence-corrected chi connectivity index (χ1v) is 4.00. The van der Waals surface area contributed by atoms with Crippen LogP contribution < -0.4 is 0 Å². The SMILES string of the molecule is CCOCCc1ncc([N+](=O)[O-])[nH]1. The summed E-state index contributed by atoms with van der Waals surface area (Å²) in [5.41, 5.74) is 0. The zero-order chi connectivity index (χ0) is 9.68. The van der Waals surface area contributed by atoms with E-state index < -0.39 is 4.92 Å². The molecule has 0 aliphatic rings. The molecule has 0 aliphatic carbocycles. The molecular formula is C7H11N3O3. The molecule has 0 aliphatic heterocycles. The minimum absolute atomic E-state index is 0.0773. The number of nitrogens with zero attached hydrogens (tertiary/aromatic N) is 2. The van der Waals surface area contributed by atoms with Crippen LogP contribution in [0.1, 0.15) is 12.7 Å². The molecule has 6 nitrogen and oxygen atoms in total. The molecule has 13 heavy (non-hydrogen) atoms. The Kier molecular flexibility index (Phi) is 3.39. The lowest BCUT2D eigenvalue weighted by atomic mass is 10.4. The van der Waals surface area contributed by atoms with E-state index in [0.717, 1.165) is 0 Å². The summed E-state index contributed by atoms with van der Waals surface area (Å²) in [6.45, 7) is 3.06. The summed E-state index contributed by atoms with van der Waals surface area (Å²) in [4.78, 5) is 16.2. The van der Waals surface area contributed by atoms with E-state index in [0.29, 0.717) is 25.5 Å². The Balaban J connectivity index is 2.44. The van der Waals surface area contributed by atoms with Crippen molar-refractivity contribution in [2.75, 3.05) is 13.2 Å². The maximum atomic E-state index is 10.2. The minimum atomic E-state index is -0.503. The van der Waals surface area contributed by atoms with Gasteiger partial charge in [-0.25, -0.2) is 9.97 Å². The van der Waals surface area contributed by atoms with Gasteiger partial charge in [-0.2, -0.15) is 0 Å². The highest BCUT2D eigenvalue weighted by Gasteiger charge is 2.08. The number of hydrogen-bond acceptors (Lipinski definition) is 4. The number of rotatable bonds is 5. The van der Waals surface area contributed by atoms with Gasteiger partial charge in [-0.15, -0.1) is 0 Å². The first-order valence-electron chi connectivity index (χ1n) is 4.00. The fraction of sp³-hybridized carbons (Fsp3) is 0.571. The van der Waals surface area contributed by atoms with Crippen LogP contribution in [0.2, 0.25) is 0 Å². The molecule has 0 atom stereocenters. The molecule has 0 amide bonds. The van der Waals surface area contributed by atoms with Crippen molar-refractivity contribution in [1.82, 2.24) is 9.97 Å². The molecule has 1 N–H and O–H groups in total. The zero-order valence-electron chi connectivity index (χ0n) is 7.32. The summed E-state index contributed by atoms with van der Waals surface area (Å²) in [6, 6.07) is 0. The van der Waals surface area contributed by atoms with Gasteiger partial charge < -0.3 is 14.9 Å². The topological polar surface area (TPSA) is 81.1 Å². The van der Waals surface area contributed by atoms with Crippen molar-refractivity contribution in [3.05, 3.63) is 22.1 Å². The fourth-order valence-electron chi connectivity index (χ4n) is 0.884. The van der Waals surface area contributed by atoms with Gasteiger partial charge >= 0.3 is 5.82 Å². The second-order valence-electron chi connectivity index (χ2n) is 2.42. The summed E-state index contributed by atoms with van der Waals surface area (Å²) in [7, 11) is 0. The van der Waals surface area contributed by atoms with Gasteiger partial charge in [0.2, 0.25) is 0 Å². The predicted octanol–water partition coefficient (Wildman–Crippen LogP) is 0.897. The number of nitro groups is 1. The van der Waals surface area contributed by atoms with Crippen LogP contribution in [0, 0.1) is 10.1 Å². The van der Waals surface area contributed by atoms with Gasteiger partial charge in [-0.3, -0.25) is 0 Å². The molecular weight excluding hydrogens is 174 g/mol. The zero-order valence-corrected chi connectivity index (χ0v) is 7.32. The van der Waals surface area contributed by atoms with Gasteiger partial charge in [0.1, 0.15) is 6.20 Å². The quantitative estimate of drug-likeness (QED) is 0.419. The second kappa shape index (κ2) is 4.56. The third-order valence-electron chi connectivity index (χ3n) is 1.50. The van der Waals surface area contributed by atoms with E-state index in [-0.39, 0.29) is 5.82 Å². The molecule has 0 saturated carbocycles. The molecule has 1 heterocycles. The summed E-state index contributed by atoms with van der Waals surface area (Å²) in [5, 5.41) is 10.2. The Bertz CT molecular complexity index is 284. The Morgan fingerprint density at radius 1 is 1.77 bits per heavy atom. The number of nitrogens with one attached hydrogen (secondary N) is 1. The molecule has 0 bridgehead atoms. The van der Waals surface area contributed by atoms with Gasteiger partial charge in [0.05, 0.1) is 13.0 Å². The van der Waals surface area contributed by atoms with Crippen molar-refractivity contribution in [2.24, 2.45) is 0 Å². The molecule has 1 aromatic rings. The number of aromatic nitrogens is 2. The van der Waals surface area contributed by atoms with Gasteiger partial charge in [0.15, 0.2) is 5.82 Å². The van der Waals surface area contributed by atoms with Crippen molar-refractivity contribution in [1.29, 1.82) is 0 Å². The average molecular weight is 185 g/mol. The Hall–Kier alpha value is -1.43. The summed E-state index contributed by atoms with van der Waals surface area (Å²) in [5.74, 6) is 0.506. The minimum Gasteiger partial charge on any atom is -0.381 e. The standard InChI is InChI=1S/C7H11N3O3/c1-2-13-4-3-6-8-5-7(9-6)10(11)12/h5H,2-4H2,1H3,(H,8,9). The van der Waals surface area contributed by atoms with Crippen LogP contribution in [0.25, 0.3) is 0 Å². The van der Waals surface area contributed by atoms with Crippen molar-refractivity contribution < 1.29 is 9.66 Å². The molecule has 0 radical (unpaired) electrons. The van der Waals surface area contributed by atoms with E-state index in [4.69, 9.17) is 4.74 Å². The highest BCUT2D eigenvalue weighted by Crippen LogP contribution is 2.06. The molecule has 6 heteroatoms. The monoisotopic (exact) mass is 185 g/mol. The number of imidazole rings is 1. The fourth-order valence-corrected chi connectivity index (χ4v) is 0.884. The molecule has 0 aromatic carbocycles. The summed E-state index contributed by atoms with van der Waals surface area (Å²) < 4.78 is 5.08. The highest BCUT2D eigenvalue weighted by atomic mass is 16.6. The molecule has 0 saturated heterocycles. The van der Waals surface area contributed by atoms with E-state index in [9.17, 15) is 10.1 Å². The molecule has 0 unspecified atom stereocenters. The van der Waals surface area contributed by atoms with E-state index >= 15 is 0 Å². The van der Waals surface area contributed by atoms with Crippen LogP contribution in [0.5, 0.6) is 0 Å². The number of hydrogen-bond donors (Lipinski definition) is 1. The van der Waals surface area contributed by atoms with Crippen molar-refractivity contribution >= 4 is 5.82 Å². The third kappa shape index (κ3) is 2.83. The Morgan fingerprint density at radius 2 is 2.54 bits per heavy atom. The van der Waals surface area contributed by atoms with E-state index in [1.165, 1.54) is 6.20 Å². The predicted molar refractivity (Wildman–Crippen MR) is 45.4 cm³/mol. The first-order chi connectivity index (χ1) is 6.24. The first kappa shape index (κ1) is 9.66. The van der Waals surface area contributed by atoms with Crippen molar-refractivity contribution in [3.8, 4) is 0 Å². The lowest BCUT2D eigenvalue weighted by Crippen LogP contribution is -1.99. The molecule has 1 rings (SSSR count). The largest absolute Gasteiger partial charge is 0.381 e. The van der Waals surface area contributed by atoms with E-state index in [1.54, 1.807) is 0 Å². The van der Waals surface area contributed by atoms with Crippen LogP contribution >= 0.6 is 0 Å². The van der Waals surface area contributed by atoms with Gasteiger partial charge in [0.25, 0.3) is 0 Å². The van der Waals surface area contributed by atoms with Crippen LogP contribution in [-0.4, -0.2) is 28.1 Å². The number of aromatic amines is 1. The van der Waals surface area contributed by atoms with Crippen LogP contribution in [-0.2, 0) is 11.2 Å².